The number of benzene rings is 1. The molecule has 0 aromatic heterocycles. The second-order valence-electron chi connectivity index (χ2n) is 5.38. The fraction of sp³-hybridized carbons (Fsp3) is 0.571. The first kappa shape index (κ1) is 11.2. The van der Waals surface area contributed by atoms with E-state index < -0.39 is 5.60 Å². The van der Waals surface area contributed by atoms with E-state index in [0.717, 1.165) is 45.6 Å². The smallest absolute Gasteiger partial charge is 0.0909 e. The second-order valence-corrected chi connectivity index (χ2v) is 5.38. The summed E-state index contributed by atoms with van der Waals surface area (Å²) in [4.78, 5) is 2.38. The highest BCUT2D eigenvalue weighted by Crippen LogP contribution is 2.22. The summed E-state index contributed by atoms with van der Waals surface area (Å²) in [5.41, 5.74) is 2.39. The highest BCUT2D eigenvalue weighted by atomic mass is 16.3. The minimum absolute atomic E-state index is 0.508. The van der Waals surface area contributed by atoms with Crippen LogP contribution in [0.15, 0.2) is 24.3 Å². The van der Waals surface area contributed by atoms with Gasteiger partial charge in [0.25, 0.3) is 0 Å². The molecular formula is C14H20N2O. The normalized spacial score (nSPS) is 29.2. The van der Waals surface area contributed by atoms with Gasteiger partial charge in [0.2, 0.25) is 0 Å². The van der Waals surface area contributed by atoms with Crippen molar-refractivity contribution >= 4 is 0 Å². The number of hydrogen-bond donors (Lipinski definition) is 2. The number of β-amino-alcohol motifs (C(OH)–C–C–N with tert-alkyl or cyclic N) is 1. The molecule has 0 bridgehead atoms. The maximum absolute atomic E-state index is 10.4. The summed E-state index contributed by atoms with van der Waals surface area (Å²) < 4.78 is 0. The molecule has 2 aliphatic rings. The standard InChI is InChI=1S/C14H20N2O/c17-14(6-7-15-10-14)11-16-8-5-12-3-1-2-4-13(12)9-16/h1-4,15,17H,5-11H2. The maximum atomic E-state index is 10.4. The predicted molar refractivity (Wildman–Crippen MR) is 67.9 cm³/mol. The molecule has 17 heavy (non-hydrogen) atoms. The largest absolute Gasteiger partial charge is 0.387 e. The molecule has 92 valence electrons. The van der Waals surface area contributed by atoms with Crippen molar-refractivity contribution in [1.82, 2.24) is 10.2 Å². The lowest BCUT2D eigenvalue weighted by Crippen LogP contribution is -2.46. The molecule has 1 aromatic carbocycles. The Balaban J connectivity index is 1.68. The van der Waals surface area contributed by atoms with Crippen molar-refractivity contribution in [3.05, 3.63) is 35.4 Å². The average Bonchev–Trinajstić information content (AvgIpc) is 2.76. The van der Waals surface area contributed by atoms with E-state index in [2.05, 4.69) is 34.5 Å². The van der Waals surface area contributed by atoms with E-state index in [1.54, 1.807) is 0 Å². The number of nitrogens with one attached hydrogen (secondary N) is 1. The number of aliphatic hydroxyl groups is 1. The molecule has 3 rings (SSSR count). The molecule has 2 heterocycles. The summed E-state index contributed by atoms with van der Waals surface area (Å²) in [6.07, 6.45) is 1.99. The minimum Gasteiger partial charge on any atom is -0.387 e. The lowest BCUT2D eigenvalue weighted by molar-refractivity contribution is 0.0168. The molecule has 0 aliphatic carbocycles. The van der Waals surface area contributed by atoms with Gasteiger partial charge in [0.05, 0.1) is 5.60 Å². The van der Waals surface area contributed by atoms with Gasteiger partial charge in [0.1, 0.15) is 0 Å². The molecule has 2 N–H and O–H groups in total. The van der Waals surface area contributed by atoms with Gasteiger partial charge in [-0.1, -0.05) is 24.3 Å². The minimum atomic E-state index is -0.508. The molecule has 0 spiro atoms. The zero-order chi connectivity index (χ0) is 11.7. The third kappa shape index (κ3) is 2.37. The van der Waals surface area contributed by atoms with Gasteiger partial charge in [-0.3, -0.25) is 4.90 Å². The maximum Gasteiger partial charge on any atom is 0.0909 e. The van der Waals surface area contributed by atoms with E-state index in [0.29, 0.717) is 0 Å². The summed E-state index contributed by atoms with van der Waals surface area (Å²) in [5.74, 6) is 0. The van der Waals surface area contributed by atoms with E-state index in [4.69, 9.17) is 0 Å². The highest BCUT2D eigenvalue weighted by molar-refractivity contribution is 5.29. The summed E-state index contributed by atoms with van der Waals surface area (Å²) in [6, 6.07) is 8.65. The number of rotatable bonds is 2. The monoisotopic (exact) mass is 232 g/mol. The van der Waals surface area contributed by atoms with Crippen LogP contribution in [0.2, 0.25) is 0 Å². The van der Waals surface area contributed by atoms with Gasteiger partial charge in [0, 0.05) is 26.2 Å². The Morgan fingerprint density at radius 3 is 2.88 bits per heavy atom. The summed E-state index contributed by atoms with van der Waals surface area (Å²) in [6.45, 7) is 4.54. The Bertz CT molecular complexity index is 399. The van der Waals surface area contributed by atoms with E-state index >= 15 is 0 Å². The molecule has 1 saturated heterocycles. The first-order chi connectivity index (χ1) is 8.25. The molecule has 1 atom stereocenters. The van der Waals surface area contributed by atoms with Gasteiger partial charge in [-0.25, -0.2) is 0 Å². The molecular weight excluding hydrogens is 212 g/mol. The molecule has 3 nitrogen and oxygen atoms in total. The third-order valence-electron chi connectivity index (χ3n) is 3.95. The van der Waals surface area contributed by atoms with Crippen molar-refractivity contribution in [2.24, 2.45) is 0 Å². The Hall–Kier alpha value is -0.900. The van der Waals surface area contributed by atoms with Gasteiger partial charge < -0.3 is 10.4 Å². The molecule has 1 unspecified atom stereocenters. The van der Waals surface area contributed by atoms with Crippen LogP contribution >= 0.6 is 0 Å². The van der Waals surface area contributed by atoms with Crippen LogP contribution in [0.4, 0.5) is 0 Å². The molecule has 0 saturated carbocycles. The lowest BCUT2D eigenvalue weighted by atomic mass is 9.97. The van der Waals surface area contributed by atoms with Crippen molar-refractivity contribution in [3.63, 3.8) is 0 Å². The zero-order valence-corrected chi connectivity index (χ0v) is 10.2. The van der Waals surface area contributed by atoms with Crippen LogP contribution in [0.5, 0.6) is 0 Å². The summed E-state index contributed by atoms with van der Waals surface area (Å²) in [7, 11) is 0. The highest BCUT2D eigenvalue weighted by Gasteiger charge is 2.33. The average molecular weight is 232 g/mol. The Morgan fingerprint density at radius 2 is 2.12 bits per heavy atom. The fourth-order valence-electron chi connectivity index (χ4n) is 2.97. The van der Waals surface area contributed by atoms with Crippen LogP contribution in [0.25, 0.3) is 0 Å². The van der Waals surface area contributed by atoms with Crippen LogP contribution in [-0.4, -0.2) is 41.8 Å². The lowest BCUT2D eigenvalue weighted by Gasteiger charge is -2.34. The van der Waals surface area contributed by atoms with Crippen molar-refractivity contribution in [2.45, 2.75) is 25.0 Å². The molecule has 0 radical (unpaired) electrons. The molecule has 3 heteroatoms. The van der Waals surface area contributed by atoms with Gasteiger partial charge in [0.15, 0.2) is 0 Å². The Kier molecular flexibility index (Phi) is 2.90. The predicted octanol–water partition coefficient (Wildman–Crippen LogP) is 0.769. The number of fused-ring (bicyclic) bond motifs is 1. The van der Waals surface area contributed by atoms with Crippen LogP contribution in [0.1, 0.15) is 17.5 Å². The molecule has 0 amide bonds. The van der Waals surface area contributed by atoms with E-state index in [-0.39, 0.29) is 0 Å². The van der Waals surface area contributed by atoms with E-state index in [1.807, 2.05) is 0 Å². The van der Waals surface area contributed by atoms with Crippen LogP contribution < -0.4 is 5.32 Å². The van der Waals surface area contributed by atoms with Gasteiger partial charge in [-0.05, 0) is 30.5 Å². The third-order valence-corrected chi connectivity index (χ3v) is 3.95. The summed E-state index contributed by atoms with van der Waals surface area (Å²) >= 11 is 0. The van der Waals surface area contributed by atoms with Crippen molar-refractivity contribution in [2.75, 3.05) is 26.2 Å². The molecule has 2 aliphatic heterocycles. The van der Waals surface area contributed by atoms with Gasteiger partial charge in [-0.15, -0.1) is 0 Å². The van der Waals surface area contributed by atoms with Crippen molar-refractivity contribution in [3.8, 4) is 0 Å². The second kappa shape index (κ2) is 4.41. The quantitative estimate of drug-likeness (QED) is 0.790. The first-order valence-electron chi connectivity index (χ1n) is 6.47. The SMILES string of the molecule is OC1(CN2CCc3ccccc3C2)CCNC1. The zero-order valence-electron chi connectivity index (χ0n) is 10.2. The molecule has 1 fully saturated rings. The van der Waals surface area contributed by atoms with Gasteiger partial charge >= 0.3 is 0 Å². The van der Waals surface area contributed by atoms with E-state index in [9.17, 15) is 5.11 Å². The number of hydrogen-bond acceptors (Lipinski definition) is 3. The van der Waals surface area contributed by atoms with Crippen LogP contribution in [0.3, 0.4) is 0 Å². The molecule has 1 aromatic rings. The van der Waals surface area contributed by atoms with Crippen molar-refractivity contribution in [1.29, 1.82) is 0 Å². The number of nitrogens with zero attached hydrogens (tertiary/aromatic N) is 1. The summed E-state index contributed by atoms with van der Waals surface area (Å²) in [5, 5.41) is 13.6. The first-order valence-corrected chi connectivity index (χ1v) is 6.47. The van der Waals surface area contributed by atoms with Crippen LogP contribution in [0, 0.1) is 0 Å². The van der Waals surface area contributed by atoms with Crippen molar-refractivity contribution < 1.29 is 5.11 Å². The fourth-order valence-corrected chi connectivity index (χ4v) is 2.97. The van der Waals surface area contributed by atoms with Crippen LogP contribution in [-0.2, 0) is 13.0 Å². The Morgan fingerprint density at radius 1 is 1.29 bits per heavy atom. The topological polar surface area (TPSA) is 35.5 Å². The van der Waals surface area contributed by atoms with Gasteiger partial charge in [-0.2, -0.15) is 0 Å². The Labute approximate surface area is 102 Å². The van der Waals surface area contributed by atoms with E-state index in [1.165, 1.54) is 11.1 Å².